The number of carbonyl (C=O) groups is 1. The SMILES string of the molecule is Cc1cc(C)n(CCNC(=O)c2ccc(-n3cccn3)c(C#Cc3cccnc3)c2)n1. The maximum Gasteiger partial charge on any atom is 0.251 e. The highest BCUT2D eigenvalue weighted by Gasteiger charge is 2.11. The summed E-state index contributed by atoms with van der Waals surface area (Å²) >= 11 is 0. The Morgan fingerprint density at radius 2 is 2.00 bits per heavy atom. The molecule has 0 saturated carbocycles. The molecule has 0 radical (unpaired) electrons. The predicted octanol–water partition coefficient (Wildman–Crippen LogP) is 2.91. The van der Waals surface area contributed by atoms with Crippen LogP contribution in [0.1, 0.15) is 32.9 Å². The molecule has 0 saturated heterocycles. The molecule has 0 aliphatic heterocycles. The third-order valence-corrected chi connectivity index (χ3v) is 4.73. The lowest BCUT2D eigenvalue weighted by Crippen LogP contribution is -2.28. The van der Waals surface area contributed by atoms with E-state index in [0.717, 1.165) is 22.6 Å². The van der Waals surface area contributed by atoms with Gasteiger partial charge in [0.2, 0.25) is 0 Å². The second-order valence-corrected chi connectivity index (χ2v) is 7.08. The molecule has 7 nitrogen and oxygen atoms in total. The zero-order valence-corrected chi connectivity index (χ0v) is 17.4. The molecule has 0 atom stereocenters. The molecule has 3 heterocycles. The third kappa shape index (κ3) is 4.87. The Hall–Kier alpha value is -4.18. The molecule has 0 fully saturated rings. The van der Waals surface area contributed by atoms with Gasteiger partial charge in [-0.1, -0.05) is 11.8 Å². The molecule has 4 rings (SSSR count). The first-order chi connectivity index (χ1) is 15.1. The molecule has 0 aliphatic rings. The maximum absolute atomic E-state index is 12.7. The van der Waals surface area contributed by atoms with Crippen LogP contribution in [0.25, 0.3) is 5.69 Å². The average molecular weight is 410 g/mol. The van der Waals surface area contributed by atoms with Crippen LogP contribution in [-0.4, -0.2) is 37.0 Å². The fourth-order valence-corrected chi connectivity index (χ4v) is 3.24. The van der Waals surface area contributed by atoms with Crippen molar-refractivity contribution in [2.45, 2.75) is 20.4 Å². The van der Waals surface area contributed by atoms with E-state index in [1.165, 1.54) is 0 Å². The van der Waals surface area contributed by atoms with Crippen molar-refractivity contribution in [1.82, 2.24) is 29.9 Å². The van der Waals surface area contributed by atoms with Crippen molar-refractivity contribution in [3.8, 4) is 17.5 Å². The van der Waals surface area contributed by atoms with Crippen molar-refractivity contribution < 1.29 is 4.79 Å². The summed E-state index contributed by atoms with van der Waals surface area (Å²) in [5.74, 6) is 6.11. The molecule has 0 bridgehead atoms. The lowest BCUT2D eigenvalue weighted by atomic mass is 10.1. The first-order valence-corrected chi connectivity index (χ1v) is 9.95. The standard InChI is InChI=1S/C24H22N6O/c1-18-15-19(2)29(28-18)14-12-26-24(31)22-8-9-23(30-13-4-11-27-30)21(16-22)7-6-20-5-3-10-25-17-20/h3-5,8-11,13,15-17H,12,14H2,1-2H3,(H,26,31). The van der Waals surface area contributed by atoms with Crippen LogP contribution in [0, 0.1) is 25.7 Å². The van der Waals surface area contributed by atoms with Crippen LogP contribution in [0.2, 0.25) is 0 Å². The van der Waals surface area contributed by atoms with Gasteiger partial charge in [0.1, 0.15) is 0 Å². The van der Waals surface area contributed by atoms with Gasteiger partial charge >= 0.3 is 0 Å². The number of rotatable bonds is 5. The molecule has 1 aromatic carbocycles. The van der Waals surface area contributed by atoms with Crippen LogP contribution in [-0.2, 0) is 6.54 Å². The Morgan fingerprint density at radius 3 is 2.71 bits per heavy atom. The monoisotopic (exact) mass is 410 g/mol. The Morgan fingerprint density at radius 1 is 1.10 bits per heavy atom. The van der Waals surface area contributed by atoms with E-state index in [9.17, 15) is 4.79 Å². The molecule has 1 amide bonds. The van der Waals surface area contributed by atoms with Gasteiger partial charge < -0.3 is 5.32 Å². The second kappa shape index (κ2) is 9.09. The molecule has 4 aromatic rings. The number of aryl methyl sites for hydroxylation is 2. The Balaban J connectivity index is 1.55. The van der Waals surface area contributed by atoms with E-state index in [2.05, 4.69) is 32.3 Å². The molecule has 0 unspecified atom stereocenters. The van der Waals surface area contributed by atoms with Gasteiger partial charge in [0.15, 0.2) is 0 Å². The van der Waals surface area contributed by atoms with Gasteiger partial charge in [0, 0.05) is 48.2 Å². The predicted molar refractivity (Wildman–Crippen MR) is 118 cm³/mol. The summed E-state index contributed by atoms with van der Waals surface area (Å²) in [6.07, 6.45) is 6.96. The van der Waals surface area contributed by atoms with E-state index >= 15 is 0 Å². The van der Waals surface area contributed by atoms with Gasteiger partial charge in [-0.3, -0.25) is 14.5 Å². The molecule has 154 valence electrons. The molecule has 0 spiro atoms. The summed E-state index contributed by atoms with van der Waals surface area (Å²) in [6, 6.07) is 13.0. The lowest BCUT2D eigenvalue weighted by molar-refractivity contribution is 0.0952. The number of nitrogens with zero attached hydrogens (tertiary/aromatic N) is 5. The summed E-state index contributed by atoms with van der Waals surface area (Å²) in [5.41, 5.74) is 4.89. The molecule has 7 heteroatoms. The van der Waals surface area contributed by atoms with Gasteiger partial charge in [-0.25, -0.2) is 4.68 Å². The number of hydrogen-bond donors (Lipinski definition) is 1. The summed E-state index contributed by atoms with van der Waals surface area (Å²) in [4.78, 5) is 16.8. The van der Waals surface area contributed by atoms with E-state index in [4.69, 9.17) is 0 Å². The van der Waals surface area contributed by atoms with Crippen molar-refractivity contribution in [3.05, 3.63) is 95.3 Å². The van der Waals surface area contributed by atoms with Crippen LogP contribution >= 0.6 is 0 Å². The molecular formula is C24H22N6O. The minimum Gasteiger partial charge on any atom is -0.350 e. The van der Waals surface area contributed by atoms with Gasteiger partial charge in [0.25, 0.3) is 5.91 Å². The van der Waals surface area contributed by atoms with E-state index in [0.29, 0.717) is 24.2 Å². The zero-order chi connectivity index (χ0) is 21.6. The number of nitrogens with one attached hydrogen (secondary N) is 1. The highest BCUT2D eigenvalue weighted by Crippen LogP contribution is 2.16. The van der Waals surface area contributed by atoms with E-state index in [-0.39, 0.29) is 5.91 Å². The van der Waals surface area contributed by atoms with E-state index < -0.39 is 0 Å². The molecule has 0 aliphatic carbocycles. The largest absolute Gasteiger partial charge is 0.350 e. The number of carbonyl (C=O) groups excluding carboxylic acids is 1. The highest BCUT2D eigenvalue weighted by molar-refractivity contribution is 5.95. The fraction of sp³-hybridized carbons (Fsp3) is 0.167. The van der Waals surface area contributed by atoms with Gasteiger partial charge in [0.05, 0.1) is 23.5 Å². The first-order valence-electron chi connectivity index (χ1n) is 9.95. The molecule has 3 aromatic heterocycles. The number of hydrogen-bond acceptors (Lipinski definition) is 4. The summed E-state index contributed by atoms with van der Waals surface area (Å²) in [5, 5.41) is 11.7. The number of aromatic nitrogens is 5. The number of pyridine rings is 1. The molecule has 31 heavy (non-hydrogen) atoms. The van der Waals surface area contributed by atoms with Crippen molar-refractivity contribution in [2.75, 3.05) is 6.54 Å². The maximum atomic E-state index is 12.7. The second-order valence-electron chi connectivity index (χ2n) is 7.08. The summed E-state index contributed by atoms with van der Waals surface area (Å²) < 4.78 is 3.62. The highest BCUT2D eigenvalue weighted by atomic mass is 16.1. The van der Waals surface area contributed by atoms with Crippen LogP contribution in [0.15, 0.2) is 67.3 Å². The quantitative estimate of drug-likeness (QED) is 0.513. The van der Waals surface area contributed by atoms with Crippen molar-refractivity contribution in [2.24, 2.45) is 0 Å². The smallest absolute Gasteiger partial charge is 0.251 e. The third-order valence-electron chi connectivity index (χ3n) is 4.73. The molecular weight excluding hydrogens is 388 g/mol. The van der Waals surface area contributed by atoms with Crippen molar-refractivity contribution >= 4 is 5.91 Å². The Labute approximate surface area is 180 Å². The van der Waals surface area contributed by atoms with Crippen molar-refractivity contribution in [1.29, 1.82) is 0 Å². The van der Waals surface area contributed by atoms with Gasteiger partial charge in [-0.15, -0.1) is 0 Å². The summed E-state index contributed by atoms with van der Waals surface area (Å²) in [7, 11) is 0. The summed E-state index contributed by atoms with van der Waals surface area (Å²) in [6.45, 7) is 5.06. The van der Waals surface area contributed by atoms with Crippen LogP contribution < -0.4 is 5.32 Å². The van der Waals surface area contributed by atoms with Crippen molar-refractivity contribution in [3.63, 3.8) is 0 Å². The minimum atomic E-state index is -0.155. The number of benzene rings is 1. The minimum absolute atomic E-state index is 0.155. The first kappa shape index (κ1) is 20.1. The topological polar surface area (TPSA) is 77.6 Å². The zero-order valence-electron chi connectivity index (χ0n) is 17.4. The van der Waals surface area contributed by atoms with Crippen LogP contribution in [0.5, 0.6) is 0 Å². The fourth-order valence-electron chi connectivity index (χ4n) is 3.24. The van der Waals surface area contributed by atoms with Gasteiger partial charge in [-0.2, -0.15) is 10.2 Å². The molecule has 1 N–H and O–H groups in total. The Kier molecular flexibility index (Phi) is 5.90. The van der Waals surface area contributed by atoms with Gasteiger partial charge in [-0.05, 0) is 56.3 Å². The normalized spacial score (nSPS) is 10.4. The number of amides is 1. The van der Waals surface area contributed by atoms with Crippen LogP contribution in [0.4, 0.5) is 0 Å². The Bertz CT molecular complexity index is 1250. The van der Waals surface area contributed by atoms with Crippen LogP contribution in [0.3, 0.4) is 0 Å². The lowest BCUT2D eigenvalue weighted by Gasteiger charge is -2.10. The van der Waals surface area contributed by atoms with E-state index in [1.54, 1.807) is 35.4 Å². The average Bonchev–Trinajstić information content (AvgIpc) is 3.42. The van der Waals surface area contributed by atoms with E-state index in [1.807, 2.05) is 55.1 Å².